The van der Waals surface area contributed by atoms with Gasteiger partial charge >= 0.3 is 0 Å². The fourth-order valence-corrected chi connectivity index (χ4v) is 1.25. The van der Waals surface area contributed by atoms with Gasteiger partial charge in [0.25, 0.3) is 0 Å². The molecule has 0 aliphatic rings. The number of hydrogen-bond acceptors (Lipinski definition) is 2. The van der Waals surface area contributed by atoms with Gasteiger partial charge in [0.05, 0.1) is 6.10 Å². The Balaban J connectivity index is 3.49. The summed E-state index contributed by atoms with van der Waals surface area (Å²) in [5.41, 5.74) is 0. The van der Waals surface area contributed by atoms with Crippen molar-refractivity contribution in [3.05, 3.63) is 0 Å². The van der Waals surface area contributed by atoms with Crippen molar-refractivity contribution >= 4 is 0 Å². The first-order valence-corrected chi connectivity index (χ1v) is 4.41. The van der Waals surface area contributed by atoms with Crippen LogP contribution in [0.25, 0.3) is 0 Å². The minimum Gasteiger partial charge on any atom is -0.382 e. The fraction of sp³-hybridized carbons (Fsp3) is 1.00. The largest absolute Gasteiger partial charge is 0.382 e. The van der Waals surface area contributed by atoms with Gasteiger partial charge in [-0.1, -0.05) is 13.3 Å². The zero-order chi connectivity index (χ0) is 8.69. The first-order valence-electron chi connectivity index (χ1n) is 4.41. The molecule has 0 fully saturated rings. The monoisotopic (exact) mass is 159 g/mol. The van der Waals surface area contributed by atoms with Crippen LogP contribution >= 0.6 is 0 Å². The van der Waals surface area contributed by atoms with Crippen molar-refractivity contribution in [3.8, 4) is 0 Å². The maximum Gasteiger partial charge on any atom is 0.0546 e. The van der Waals surface area contributed by atoms with Crippen molar-refractivity contribution in [3.63, 3.8) is 0 Å². The lowest BCUT2D eigenvalue weighted by Gasteiger charge is -2.17. The van der Waals surface area contributed by atoms with Gasteiger partial charge in [-0.2, -0.15) is 0 Å². The molecule has 0 heterocycles. The highest BCUT2D eigenvalue weighted by atomic mass is 16.5. The summed E-state index contributed by atoms with van der Waals surface area (Å²) in [7, 11) is 3.77. The van der Waals surface area contributed by atoms with Gasteiger partial charge < -0.3 is 10.1 Å². The van der Waals surface area contributed by atoms with Gasteiger partial charge in [-0.05, 0) is 32.9 Å². The summed E-state index contributed by atoms with van der Waals surface area (Å²) in [4.78, 5) is 0. The van der Waals surface area contributed by atoms with Crippen LogP contribution in [0.2, 0.25) is 0 Å². The third kappa shape index (κ3) is 5.22. The van der Waals surface area contributed by atoms with Crippen molar-refractivity contribution in [2.24, 2.45) is 5.92 Å². The lowest BCUT2D eigenvalue weighted by Crippen LogP contribution is -2.22. The molecule has 11 heavy (non-hydrogen) atoms. The molecule has 0 aromatic heterocycles. The predicted molar refractivity (Wildman–Crippen MR) is 48.8 cm³/mol. The molecule has 2 atom stereocenters. The van der Waals surface area contributed by atoms with Gasteiger partial charge in [0.15, 0.2) is 0 Å². The smallest absolute Gasteiger partial charge is 0.0546 e. The van der Waals surface area contributed by atoms with Crippen molar-refractivity contribution in [2.75, 3.05) is 20.7 Å². The minimum absolute atomic E-state index is 0.397. The maximum absolute atomic E-state index is 5.20. The molecule has 0 aromatic rings. The average Bonchev–Trinajstić information content (AvgIpc) is 2.03. The number of methoxy groups -OCH3 is 1. The molecule has 0 rings (SSSR count). The van der Waals surface area contributed by atoms with Crippen LogP contribution in [0.3, 0.4) is 0 Å². The molecule has 1 N–H and O–H groups in total. The Kier molecular flexibility index (Phi) is 6.57. The average molecular weight is 159 g/mol. The Labute approximate surface area is 70.3 Å². The molecule has 0 aliphatic carbocycles. The van der Waals surface area contributed by atoms with Crippen LogP contribution < -0.4 is 5.32 Å². The third-order valence-electron chi connectivity index (χ3n) is 2.14. The Bertz CT molecular complexity index is 85.6. The van der Waals surface area contributed by atoms with E-state index in [1.54, 1.807) is 7.11 Å². The van der Waals surface area contributed by atoms with Crippen LogP contribution in [0.1, 0.15) is 26.7 Å². The molecule has 0 bridgehead atoms. The quantitative estimate of drug-likeness (QED) is 0.636. The summed E-state index contributed by atoms with van der Waals surface area (Å²) in [5, 5.41) is 3.19. The molecule has 2 nitrogen and oxygen atoms in total. The van der Waals surface area contributed by atoms with E-state index in [0.29, 0.717) is 6.10 Å². The molecule has 2 unspecified atom stereocenters. The number of ether oxygens (including phenoxy) is 1. The van der Waals surface area contributed by atoms with Crippen LogP contribution in [0.5, 0.6) is 0 Å². The standard InChI is InChI=1S/C9H21NO/c1-5-9(7-10-3)6-8(2)11-4/h8-10H,5-7H2,1-4H3. The third-order valence-corrected chi connectivity index (χ3v) is 2.14. The number of rotatable bonds is 6. The van der Waals surface area contributed by atoms with Gasteiger partial charge in [0, 0.05) is 7.11 Å². The second-order valence-corrected chi connectivity index (χ2v) is 3.11. The first kappa shape index (κ1) is 10.9. The van der Waals surface area contributed by atoms with Gasteiger partial charge in [-0.15, -0.1) is 0 Å². The van der Waals surface area contributed by atoms with Crippen molar-refractivity contribution in [1.82, 2.24) is 5.32 Å². The summed E-state index contributed by atoms with van der Waals surface area (Å²) in [5.74, 6) is 0.759. The van der Waals surface area contributed by atoms with Crippen molar-refractivity contribution < 1.29 is 4.74 Å². The van der Waals surface area contributed by atoms with Crippen LogP contribution in [0.4, 0.5) is 0 Å². The van der Waals surface area contributed by atoms with E-state index < -0.39 is 0 Å². The molecule has 2 heteroatoms. The molecule has 0 spiro atoms. The highest BCUT2D eigenvalue weighted by Gasteiger charge is 2.09. The Morgan fingerprint density at radius 3 is 2.45 bits per heavy atom. The second kappa shape index (κ2) is 6.62. The van der Waals surface area contributed by atoms with Crippen molar-refractivity contribution in [1.29, 1.82) is 0 Å². The topological polar surface area (TPSA) is 21.3 Å². The van der Waals surface area contributed by atoms with E-state index in [9.17, 15) is 0 Å². The zero-order valence-corrected chi connectivity index (χ0v) is 8.18. The summed E-state index contributed by atoms with van der Waals surface area (Å²) in [6.07, 6.45) is 2.79. The van der Waals surface area contributed by atoms with E-state index in [1.807, 2.05) is 7.05 Å². The Hall–Kier alpha value is -0.0800. The van der Waals surface area contributed by atoms with Crippen LogP contribution in [0.15, 0.2) is 0 Å². The van der Waals surface area contributed by atoms with Crippen LogP contribution in [-0.2, 0) is 4.74 Å². The van der Waals surface area contributed by atoms with E-state index in [1.165, 1.54) is 6.42 Å². The molecule has 0 aliphatic heterocycles. The van der Waals surface area contributed by atoms with E-state index >= 15 is 0 Å². The summed E-state index contributed by atoms with van der Waals surface area (Å²) in [6.45, 7) is 5.45. The second-order valence-electron chi connectivity index (χ2n) is 3.11. The number of hydrogen-bond donors (Lipinski definition) is 1. The van der Waals surface area contributed by atoms with E-state index in [0.717, 1.165) is 18.9 Å². The minimum atomic E-state index is 0.397. The predicted octanol–water partition coefficient (Wildman–Crippen LogP) is 1.66. The molecular weight excluding hydrogens is 138 g/mol. The highest BCUT2D eigenvalue weighted by Crippen LogP contribution is 2.11. The van der Waals surface area contributed by atoms with Gasteiger partial charge in [0.2, 0.25) is 0 Å². The Morgan fingerprint density at radius 1 is 1.45 bits per heavy atom. The lowest BCUT2D eigenvalue weighted by molar-refractivity contribution is 0.0943. The molecule has 0 radical (unpaired) electrons. The van der Waals surface area contributed by atoms with Crippen LogP contribution in [-0.4, -0.2) is 26.8 Å². The Morgan fingerprint density at radius 2 is 2.09 bits per heavy atom. The number of nitrogens with one attached hydrogen (secondary N) is 1. The lowest BCUT2D eigenvalue weighted by atomic mass is 9.99. The van der Waals surface area contributed by atoms with Crippen LogP contribution in [0, 0.1) is 5.92 Å². The van der Waals surface area contributed by atoms with E-state index in [-0.39, 0.29) is 0 Å². The summed E-state index contributed by atoms with van der Waals surface area (Å²) < 4.78 is 5.20. The summed E-state index contributed by atoms with van der Waals surface area (Å²) in [6, 6.07) is 0. The highest BCUT2D eigenvalue weighted by molar-refractivity contribution is 4.63. The van der Waals surface area contributed by atoms with E-state index in [2.05, 4.69) is 19.2 Å². The molecule has 0 amide bonds. The zero-order valence-electron chi connectivity index (χ0n) is 8.18. The SMILES string of the molecule is CCC(CNC)CC(C)OC. The molecular formula is C9H21NO. The maximum atomic E-state index is 5.20. The van der Waals surface area contributed by atoms with Crippen molar-refractivity contribution in [2.45, 2.75) is 32.8 Å². The van der Waals surface area contributed by atoms with Gasteiger partial charge in [0.1, 0.15) is 0 Å². The molecule has 68 valence electrons. The van der Waals surface area contributed by atoms with Gasteiger partial charge in [-0.3, -0.25) is 0 Å². The molecule has 0 aromatic carbocycles. The molecule has 0 saturated heterocycles. The van der Waals surface area contributed by atoms with Gasteiger partial charge in [-0.25, -0.2) is 0 Å². The summed E-state index contributed by atoms with van der Waals surface area (Å²) >= 11 is 0. The normalized spacial score (nSPS) is 16.4. The first-order chi connectivity index (χ1) is 5.24. The molecule has 0 saturated carbocycles. The van der Waals surface area contributed by atoms with E-state index in [4.69, 9.17) is 4.74 Å². The fourth-order valence-electron chi connectivity index (χ4n) is 1.25.